The van der Waals surface area contributed by atoms with Crippen molar-refractivity contribution in [2.75, 3.05) is 0 Å². The molecule has 3 rings (SSSR count). The number of ether oxygens (including phenoxy) is 1. The summed E-state index contributed by atoms with van der Waals surface area (Å²) in [5.74, 6) is 0.416. The molecule has 0 radical (unpaired) electrons. The maximum Gasteiger partial charge on any atom is 0.336 e. The van der Waals surface area contributed by atoms with Crippen molar-refractivity contribution in [2.24, 2.45) is 0 Å². The van der Waals surface area contributed by atoms with E-state index in [9.17, 15) is 14.9 Å². The van der Waals surface area contributed by atoms with Crippen LogP contribution in [0.5, 0.6) is 5.75 Å². The van der Waals surface area contributed by atoms with Crippen LogP contribution in [-0.4, -0.2) is 4.92 Å². The van der Waals surface area contributed by atoms with Gasteiger partial charge in [-0.15, -0.1) is 0 Å². The zero-order valence-corrected chi connectivity index (χ0v) is 14.2. The first-order chi connectivity index (χ1) is 11.9. The highest BCUT2D eigenvalue weighted by molar-refractivity contribution is 5.81. The van der Waals surface area contributed by atoms with Crippen LogP contribution in [0.2, 0.25) is 0 Å². The fourth-order valence-corrected chi connectivity index (χ4v) is 2.71. The molecule has 1 aromatic heterocycles. The van der Waals surface area contributed by atoms with Gasteiger partial charge in [0.05, 0.1) is 10.5 Å². The molecule has 0 aliphatic rings. The average molecular weight is 339 g/mol. The first-order valence-corrected chi connectivity index (χ1v) is 7.77. The summed E-state index contributed by atoms with van der Waals surface area (Å²) in [4.78, 5) is 22.4. The molecule has 0 amide bonds. The monoisotopic (exact) mass is 339 g/mol. The van der Waals surface area contributed by atoms with Gasteiger partial charge in [0.15, 0.2) is 0 Å². The predicted molar refractivity (Wildman–Crippen MR) is 94.1 cm³/mol. The van der Waals surface area contributed by atoms with Crippen molar-refractivity contribution in [1.82, 2.24) is 0 Å². The number of hydrogen-bond acceptors (Lipinski definition) is 5. The first kappa shape index (κ1) is 16.7. The summed E-state index contributed by atoms with van der Waals surface area (Å²) in [6, 6.07) is 9.85. The standard InChI is InChI=1S/C19H17NO5/c1-11-7-15-14(9-19(21)25-18(15)8-12(11)2)10-24-17-6-4-5-16(13(17)3)20(22)23/h4-9H,10H2,1-3H3. The van der Waals surface area contributed by atoms with Gasteiger partial charge in [-0.2, -0.15) is 0 Å². The van der Waals surface area contributed by atoms with Gasteiger partial charge in [-0.3, -0.25) is 10.1 Å². The number of fused-ring (bicyclic) bond motifs is 1. The molecular formula is C19H17NO5. The Morgan fingerprint density at radius 2 is 1.84 bits per heavy atom. The number of nitrogens with zero attached hydrogens (tertiary/aromatic N) is 1. The van der Waals surface area contributed by atoms with Gasteiger partial charge in [-0.1, -0.05) is 6.07 Å². The van der Waals surface area contributed by atoms with Crippen LogP contribution in [-0.2, 0) is 6.61 Å². The maximum absolute atomic E-state index is 11.8. The molecule has 128 valence electrons. The molecule has 0 N–H and O–H groups in total. The zero-order valence-electron chi connectivity index (χ0n) is 14.2. The molecule has 6 nitrogen and oxygen atoms in total. The molecule has 0 aliphatic heterocycles. The normalized spacial score (nSPS) is 10.8. The van der Waals surface area contributed by atoms with E-state index in [1.54, 1.807) is 19.1 Å². The third kappa shape index (κ3) is 3.24. The summed E-state index contributed by atoms with van der Waals surface area (Å²) in [6.07, 6.45) is 0. The first-order valence-electron chi connectivity index (χ1n) is 7.77. The zero-order chi connectivity index (χ0) is 18.1. The van der Waals surface area contributed by atoms with Crippen LogP contribution >= 0.6 is 0 Å². The van der Waals surface area contributed by atoms with E-state index < -0.39 is 10.5 Å². The summed E-state index contributed by atoms with van der Waals surface area (Å²) >= 11 is 0. The van der Waals surface area contributed by atoms with Gasteiger partial charge in [0.2, 0.25) is 0 Å². The van der Waals surface area contributed by atoms with Gasteiger partial charge in [0.1, 0.15) is 17.9 Å². The third-order valence-corrected chi connectivity index (χ3v) is 4.28. The third-order valence-electron chi connectivity index (χ3n) is 4.28. The van der Waals surface area contributed by atoms with Gasteiger partial charge < -0.3 is 9.15 Å². The van der Waals surface area contributed by atoms with Crippen molar-refractivity contribution in [1.29, 1.82) is 0 Å². The van der Waals surface area contributed by atoms with E-state index >= 15 is 0 Å². The Hall–Kier alpha value is -3.15. The lowest BCUT2D eigenvalue weighted by molar-refractivity contribution is -0.385. The number of nitro benzene ring substituents is 1. The van der Waals surface area contributed by atoms with Crippen molar-refractivity contribution in [2.45, 2.75) is 27.4 Å². The second kappa shape index (κ2) is 6.39. The molecule has 25 heavy (non-hydrogen) atoms. The Bertz CT molecular complexity index is 1040. The SMILES string of the molecule is Cc1cc2oc(=O)cc(COc3cccc([N+](=O)[O-])c3C)c2cc1C. The van der Waals surface area contributed by atoms with Gasteiger partial charge >= 0.3 is 5.63 Å². The molecule has 3 aromatic rings. The molecule has 0 unspecified atom stereocenters. The van der Waals surface area contributed by atoms with E-state index in [2.05, 4.69) is 0 Å². The quantitative estimate of drug-likeness (QED) is 0.404. The Labute approximate surface area is 143 Å². The molecule has 0 aliphatic carbocycles. The van der Waals surface area contributed by atoms with Gasteiger partial charge in [-0.25, -0.2) is 4.79 Å². The molecule has 0 bridgehead atoms. The molecule has 0 saturated carbocycles. The van der Waals surface area contributed by atoms with E-state index in [0.29, 0.717) is 22.5 Å². The van der Waals surface area contributed by atoms with Crippen molar-refractivity contribution >= 4 is 16.7 Å². The van der Waals surface area contributed by atoms with Crippen LogP contribution in [0.4, 0.5) is 5.69 Å². The molecule has 6 heteroatoms. The molecule has 1 heterocycles. The second-order valence-corrected chi connectivity index (χ2v) is 5.97. The fourth-order valence-electron chi connectivity index (χ4n) is 2.71. The lowest BCUT2D eigenvalue weighted by Gasteiger charge is -2.11. The highest BCUT2D eigenvalue weighted by atomic mass is 16.6. The number of rotatable bonds is 4. The van der Waals surface area contributed by atoms with E-state index in [-0.39, 0.29) is 12.3 Å². The lowest BCUT2D eigenvalue weighted by Crippen LogP contribution is -2.05. The molecule has 2 aromatic carbocycles. The number of aryl methyl sites for hydroxylation is 2. The molecule has 0 spiro atoms. The lowest BCUT2D eigenvalue weighted by atomic mass is 10.0. The van der Waals surface area contributed by atoms with Crippen LogP contribution in [0.25, 0.3) is 11.0 Å². The molecule has 0 atom stereocenters. The molecular weight excluding hydrogens is 322 g/mol. The minimum absolute atomic E-state index is 0.00130. The Balaban J connectivity index is 1.99. The smallest absolute Gasteiger partial charge is 0.336 e. The Morgan fingerprint density at radius 3 is 2.56 bits per heavy atom. The van der Waals surface area contributed by atoms with Crippen molar-refractivity contribution in [3.63, 3.8) is 0 Å². The number of benzene rings is 2. The summed E-state index contributed by atoms with van der Waals surface area (Å²) in [6.45, 7) is 5.69. The van der Waals surface area contributed by atoms with Crippen LogP contribution in [0.15, 0.2) is 45.6 Å². The maximum atomic E-state index is 11.8. The van der Waals surface area contributed by atoms with E-state index in [4.69, 9.17) is 9.15 Å². The van der Waals surface area contributed by atoms with Crippen molar-refractivity contribution in [3.8, 4) is 5.75 Å². The van der Waals surface area contributed by atoms with Gasteiger partial charge in [0.25, 0.3) is 5.69 Å². The summed E-state index contributed by atoms with van der Waals surface area (Å²) in [5.41, 5.74) is 3.29. The van der Waals surface area contributed by atoms with E-state index in [1.165, 1.54) is 12.1 Å². The van der Waals surface area contributed by atoms with Crippen LogP contribution in [0.1, 0.15) is 22.3 Å². The van der Waals surface area contributed by atoms with Crippen LogP contribution in [0, 0.1) is 30.9 Å². The largest absolute Gasteiger partial charge is 0.488 e. The number of hydrogen-bond donors (Lipinski definition) is 0. The molecule has 0 fully saturated rings. The van der Waals surface area contributed by atoms with Crippen molar-refractivity contribution < 1.29 is 14.1 Å². The minimum atomic E-state index is -0.454. The topological polar surface area (TPSA) is 82.6 Å². The summed E-state index contributed by atoms with van der Waals surface area (Å²) in [7, 11) is 0. The van der Waals surface area contributed by atoms with Crippen LogP contribution in [0.3, 0.4) is 0 Å². The highest BCUT2D eigenvalue weighted by Crippen LogP contribution is 2.28. The second-order valence-electron chi connectivity index (χ2n) is 5.97. The van der Waals surface area contributed by atoms with Gasteiger partial charge in [0, 0.05) is 23.1 Å². The average Bonchev–Trinajstić information content (AvgIpc) is 2.55. The van der Waals surface area contributed by atoms with E-state index in [1.807, 2.05) is 26.0 Å². The highest BCUT2D eigenvalue weighted by Gasteiger charge is 2.15. The Morgan fingerprint density at radius 1 is 1.12 bits per heavy atom. The Kier molecular flexibility index (Phi) is 4.27. The van der Waals surface area contributed by atoms with Crippen LogP contribution < -0.4 is 10.4 Å². The summed E-state index contributed by atoms with van der Waals surface area (Å²) < 4.78 is 11.0. The minimum Gasteiger partial charge on any atom is -0.488 e. The van der Waals surface area contributed by atoms with E-state index in [0.717, 1.165) is 16.5 Å². The van der Waals surface area contributed by atoms with Gasteiger partial charge in [-0.05, 0) is 50.1 Å². The summed E-state index contributed by atoms with van der Waals surface area (Å²) in [5, 5.41) is 11.8. The fraction of sp³-hybridized carbons (Fsp3) is 0.211. The number of nitro groups is 1. The van der Waals surface area contributed by atoms with Crippen molar-refractivity contribution in [3.05, 3.63) is 79.2 Å². The molecule has 0 saturated heterocycles. The predicted octanol–water partition coefficient (Wildman–Crippen LogP) is 4.21.